The van der Waals surface area contributed by atoms with Crippen LogP contribution in [-0.4, -0.2) is 59.9 Å². The van der Waals surface area contributed by atoms with Crippen LogP contribution in [0.5, 0.6) is 0 Å². The molecule has 10 nitrogen and oxygen atoms in total. The number of anilines is 1. The maximum absolute atomic E-state index is 14.4. The summed E-state index contributed by atoms with van der Waals surface area (Å²) in [5.41, 5.74) is 2.92. The molecule has 1 aliphatic carbocycles. The molecule has 1 amide bonds. The van der Waals surface area contributed by atoms with Crippen LogP contribution < -0.4 is 10.6 Å². The second-order valence-electron chi connectivity index (χ2n) is 11.1. The van der Waals surface area contributed by atoms with Crippen LogP contribution in [0.25, 0.3) is 16.9 Å². The van der Waals surface area contributed by atoms with Crippen molar-refractivity contribution < 1.29 is 14.3 Å². The lowest BCUT2D eigenvalue weighted by Gasteiger charge is -2.30. The van der Waals surface area contributed by atoms with Gasteiger partial charge < -0.3 is 15.7 Å². The van der Waals surface area contributed by atoms with Crippen molar-refractivity contribution in [3.8, 4) is 17.5 Å². The fourth-order valence-corrected chi connectivity index (χ4v) is 5.08. The van der Waals surface area contributed by atoms with E-state index in [1.807, 2.05) is 31.5 Å². The highest BCUT2D eigenvalue weighted by molar-refractivity contribution is 6.00. The van der Waals surface area contributed by atoms with Gasteiger partial charge in [0.25, 0.3) is 5.91 Å². The molecule has 5 rings (SSSR count). The molecule has 212 valence electrons. The number of aryl methyl sites for hydroxylation is 1. The molecule has 1 saturated carbocycles. The molecule has 0 aromatic carbocycles. The van der Waals surface area contributed by atoms with Crippen LogP contribution in [0.2, 0.25) is 0 Å². The van der Waals surface area contributed by atoms with Crippen LogP contribution in [0.3, 0.4) is 0 Å². The van der Waals surface area contributed by atoms with Gasteiger partial charge in [0, 0.05) is 24.6 Å². The normalized spacial score (nSPS) is 18.0. The van der Waals surface area contributed by atoms with Crippen LogP contribution in [-0.2, 0) is 0 Å². The Morgan fingerprint density at radius 1 is 1.15 bits per heavy atom. The molecule has 4 aromatic rings. The molecule has 4 aromatic heterocycles. The van der Waals surface area contributed by atoms with Gasteiger partial charge in [-0.2, -0.15) is 10.4 Å². The lowest BCUT2D eigenvalue weighted by molar-refractivity contribution is -0.00177. The summed E-state index contributed by atoms with van der Waals surface area (Å²) in [5.74, 6) is 0.645. The Morgan fingerprint density at radius 3 is 2.56 bits per heavy atom. The highest BCUT2D eigenvalue weighted by atomic mass is 19.1. The Labute approximate surface area is 237 Å². The maximum atomic E-state index is 14.4. The number of nitrogens with one attached hydrogen (secondary N) is 2. The monoisotopic (exact) mass is 556 g/mol. The lowest BCUT2D eigenvalue weighted by Crippen LogP contribution is -2.42. The molecule has 0 aliphatic heterocycles. The summed E-state index contributed by atoms with van der Waals surface area (Å²) in [6.07, 6.45) is 8.81. The van der Waals surface area contributed by atoms with Crippen LogP contribution in [0.1, 0.15) is 72.8 Å². The van der Waals surface area contributed by atoms with E-state index in [0.29, 0.717) is 28.6 Å². The fourth-order valence-electron chi connectivity index (χ4n) is 5.08. The minimum Gasteiger partial charge on any atom is -0.387 e. The lowest BCUT2D eigenvalue weighted by atomic mass is 9.82. The summed E-state index contributed by atoms with van der Waals surface area (Å²) in [6.45, 7) is 4.27. The van der Waals surface area contributed by atoms with Gasteiger partial charge in [-0.15, -0.1) is 0 Å². The second-order valence-corrected chi connectivity index (χ2v) is 11.1. The largest absolute Gasteiger partial charge is 0.387 e. The zero-order valence-electron chi connectivity index (χ0n) is 23.3. The molecule has 0 bridgehead atoms. The Balaban J connectivity index is 1.39. The van der Waals surface area contributed by atoms with E-state index in [9.17, 15) is 19.6 Å². The number of hydrogen-bond donors (Lipinski definition) is 3. The van der Waals surface area contributed by atoms with Crippen LogP contribution >= 0.6 is 0 Å². The smallest absolute Gasteiger partial charge is 0.255 e. The first kappa shape index (κ1) is 28.1. The molecule has 11 heteroatoms. The summed E-state index contributed by atoms with van der Waals surface area (Å²) in [6, 6.07) is 9.47. The van der Waals surface area contributed by atoms with Gasteiger partial charge in [-0.1, -0.05) is 0 Å². The van der Waals surface area contributed by atoms with E-state index in [-0.39, 0.29) is 18.2 Å². The minimum atomic E-state index is -1.63. The number of carbonyl (C=O) groups is 1. The fraction of sp³-hybridized carbons (Fsp3) is 0.400. The number of carbonyl (C=O) groups excluding carboxylic acids is 1. The first-order valence-corrected chi connectivity index (χ1v) is 13.7. The molecular weight excluding hydrogens is 523 g/mol. The number of amides is 1. The van der Waals surface area contributed by atoms with E-state index in [1.54, 1.807) is 16.6 Å². The highest BCUT2D eigenvalue weighted by Crippen LogP contribution is 2.34. The molecule has 0 unspecified atom stereocenters. The van der Waals surface area contributed by atoms with Gasteiger partial charge in [0.05, 0.1) is 52.1 Å². The van der Waals surface area contributed by atoms with E-state index >= 15 is 0 Å². The van der Waals surface area contributed by atoms with E-state index in [1.165, 1.54) is 26.2 Å². The van der Waals surface area contributed by atoms with Gasteiger partial charge >= 0.3 is 0 Å². The number of aromatic nitrogens is 5. The van der Waals surface area contributed by atoms with E-state index in [2.05, 4.69) is 36.8 Å². The quantitative estimate of drug-likeness (QED) is 0.291. The average molecular weight is 557 g/mol. The predicted molar refractivity (Wildman–Crippen MR) is 152 cm³/mol. The number of nitriles is 1. The Kier molecular flexibility index (Phi) is 7.94. The molecule has 1 fully saturated rings. The maximum Gasteiger partial charge on any atom is 0.255 e. The van der Waals surface area contributed by atoms with Crippen molar-refractivity contribution in [1.29, 1.82) is 5.26 Å². The van der Waals surface area contributed by atoms with Gasteiger partial charge in [-0.3, -0.25) is 9.78 Å². The number of hydrogen-bond acceptors (Lipinski definition) is 8. The van der Waals surface area contributed by atoms with Gasteiger partial charge in [0.1, 0.15) is 18.1 Å². The molecule has 1 atom stereocenters. The van der Waals surface area contributed by atoms with Crippen LogP contribution in [0, 0.1) is 18.3 Å². The van der Waals surface area contributed by atoms with E-state index in [0.717, 1.165) is 42.6 Å². The van der Waals surface area contributed by atoms with Gasteiger partial charge in [-0.25, -0.2) is 18.9 Å². The Hall–Kier alpha value is -4.43. The summed E-state index contributed by atoms with van der Waals surface area (Å²) in [7, 11) is 0. The number of rotatable bonds is 8. The molecule has 4 heterocycles. The molecule has 0 saturated heterocycles. The van der Waals surface area contributed by atoms with Gasteiger partial charge in [0.15, 0.2) is 0 Å². The van der Waals surface area contributed by atoms with Crippen molar-refractivity contribution in [3.05, 3.63) is 71.6 Å². The van der Waals surface area contributed by atoms with E-state index < -0.39 is 17.7 Å². The average Bonchev–Trinajstić information content (AvgIpc) is 3.39. The number of halogens is 1. The third-order valence-corrected chi connectivity index (χ3v) is 7.61. The zero-order valence-corrected chi connectivity index (χ0v) is 23.3. The standard InChI is InChI=1S/C30H33FN8O2/c1-18-33-14-21(15-34-18)20-4-6-22(7-5-20)38-25-11-26(27-9-8-23-10-19(12-32)13-37-39(23)27)35-16-24(25)29(40)36-17-28(31)30(2,3)41/h8-11,13-16,20,22,28,41H,4-7,17H2,1-3H3,(H,35,38)(H,36,40)/t20?,22?,28-/m1/s1. The molecule has 1 aliphatic rings. The molecule has 41 heavy (non-hydrogen) atoms. The van der Waals surface area contributed by atoms with Crippen LogP contribution in [0.15, 0.2) is 49.1 Å². The number of alkyl halides is 1. The number of aliphatic hydroxyl groups is 1. The van der Waals surface area contributed by atoms with Crippen molar-refractivity contribution in [1.82, 2.24) is 29.9 Å². The SMILES string of the molecule is Cc1ncc(C2CCC(Nc3cc(-c4ccc5cc(C#N)cnn45)ncc3C(=O)NC[C@@H](F)C(C)(C)O)CC2)cn1. The predicted octanol–water partition coefficient (Wildman–Crippen LogP) is 4.34. The first-order chi connectivity index (χ1) is 19.6. The summed E-state index contributed by atoms with van der Waals surface area (Å²) < 4.78 is 16.1. The van der Waals surface area contributed by atoms with Crippen molar-refractivity contribution in [2.45, 2.75) is 70.2 Å². The van der Waals surface area contributed by atoms with Crippen molar-refractivity contribution >= 4 is 17.1 Å². The second kappa shape index (κ2) is 11.6. The van der Waals surface area contributed by atoms with Crippen molar-refractivity contribution in [3.63, 3.8) is 0 Å². The first-order valence-electron chi connectivity index (χ1n) is 13.7. The zero-order chi connectivity index (χ0) is 29.1. The van der Waals surface area contributed by atoms with E-state index in [4.69, 9.17) is 0 Å². The topological polar surface area (TPSA) is 141 Å². The van der Waals surface area contributed by atoms with Crippen molar-refractivity contribution in [2.24, 2.45) is 0 Å². The van der Waals surface area contributed by atoms with Gasteiger partial charge in [-0.05, 0) is 82.2 Å². The van der Waals surface area contributed by atoms with Gasteiger partial charge in [0.2, 0.25) is 0 Å². The highest BCUT2D eigenvalue weighted by Gasteiger charge is 2.28. The molecular formula is C30H33FN8O2. The van der Waals surface area contributed by atoms with Crippen molar-refractivity contribution in [2.75, 3.05) is 11.9 Å². The third-order valence-electron chi connectivity index (χ3n) is 7.61. The van der Waals surface area contributed by atoms with Crippen LogP contribution in [0.4, 0.5) is 10.1 Å². The number of pyridine rings is 1. The number of nitrogens with zero attached hydrogens (tertiary/aromatic N) is 6. The third kappa shape index (κ3) is 6.33. The summed E-state index contributed by atoms with van der Waals surface area (Å²) >= 11 is 0. The summed E-state index contributed by atoms with van der Waals surface area (Å²) in [5, 5.41) is 29.7. The number of fused-ring (bicyclic) bond motifs is 1. The summed E-state index contributed by atoms with van der Waals surface area (Å²) in [4.78, 5) is 26.4. The Bertz CT molecular complexity index is 1580. The molecule has 3 N–H and O–H groups in total. The molecule has 0 radical (unpaired) electrons. The molecule has 0 spiro atoms. The Morgan fingerprint density at radius 2 is 1.88 bits per heavy atom. The minimum absolute atomic E-state index is 0.116.